The molecule has 5 heteroatoms. The van der Waals surface area contributed by atoms with Crippen LogP contribution in [-0.4, -0.2) is 31.1 Å². The number of anilines is 1. The maximum atomic E-state index is 11.9. The lowest BCUT2D eigenvalue weighted by atomic mass is 10.1. The molecule has 1 aromatic carbocycles. The van der Waals surface area contributed by atoms with Gasteiger partial charge in [-0.1, -0.05) is 19.1 Å². The van der Waals surface area contributed by atoms with Crippen LogP contribution in [0.3, 0.4) is 0 Å². The monoisotopic (exact) mass is 251 g/mol. The second kappa shape index (κ2) is 6.05. The molecule has 5 nitrogen and oxygen atoms in total. The van der Waals surface area contributed by atoms with Gasteiger partial charge in [-0.3, -0.25) is 9.59 Å². The van der Waals surface area contributed by atoms with E-state index in [1.807, 2.05) is 0 Å². The molecule has 98 valence electrons. The van der Waals surface area contributed by atoms with Crippen LogP contribution in [0.25, 0.3) is 0 Å². The second-order valence-electron chi connectivity index (χ2n) is 4.07. The van der Waals surface area contributed by atoms with Crippen molar-refractivity contribution >= 4 is 17.6 Å². The average Bonchev–Trinajstić information content (AvgIpc) is 2.37. The molecule has 1 amide bonds. The molecule has 18 heavy (non-hydrogen) atoms. The van der Waals surface area contributed by atoms with Gasteiger partial charge in [0.1, 0.15) is 5.75 Å². The molecular weight excluding hydrogens is 234 g/mol. The number of carbonyl (C=O) groups is 2. The van der Waals surface area contributed by atoms with E-state index in [0.29, 0.717) is 11.4 Å². The zero-order valence-corrected chi connectivity index (χ0v) is 10.7. The number of hydrogen-bond acceptors (Lipinski definition) is 3. The Morgan fingerprint density at radius 2 is 2.00 bits per heavy atom. The van der Waals surface area contributed by atoms with Crippen molar-refractivity contribution in [1.82, 2.24) is 0 Å². The number of ether oxygens (including phenoxy) is 1. The molecule has 1 atom stereocenters. The number of carboxylic acids is 1. The van der Waals surface area contributed by atoms with Crippen molar-refractivity contribution < 1.29 is 19.4 Å². The highest BCUT2D eigenvalue weighted by Crippen LogP contribution is 2.27. The van der Waals surface area contributed by atoms with Crippen molar-refractivity contribution in [2.24, 2.45) is 5.92 Å². The van der Waals surface area contributed by atoms with Crippen molar-refractivity contribution in [2.45, 2.75) is 13.3 Å². The predicted molar refractivity (Wildman–Crippen MR) is 67.8 cm³/mol. The molecule has 0 bridgehead atoms. The Bertz CT molecular complexity index is 444. The van der Waals surface area contributed by atoms with Crippen LogP contribution in [0.4, 0.5) is 5.69 Å². The molecule has 0 saturated heterocycles. The quantitative estimate of drug-likeness (QED) is 0.866. The molecule has 0 spiro atoms. The van der Waals surface area contributed by atoms with Gasteiger partial charge in [-0.25, -0.2) is 0 Å². The number of benzene rings is 1. The summed E-state index contributed by atoms with van der Waals surface area (Å²) in [7, 11) is 3.13. The van der Waals surface area contributed by atoms with Crippen molar-refractivity contribution in [2.75, 3.05) is 19.1 Å². The highest BCUT2D eigenvalue weighted by molar-refractivity contribution is 5.96. The van der Waals surface area contributed by atoms with Crippen LogP contribution in [0.5, 0.6) is 5.75 Å². The lowest BCUT2D eigenvalue weighted by molar-refractivity contribution is -0.143. The van der Waals surface area contributed by atoms with E-state index in [-0.39, 0.29) is 12.3 Å². The largest absolute Gasteiger partial charge is 0.495 e. The van der Waals surface area contributed by atoms with Gasteiger partial charge >= 0.3 is 5.97 Å². The maximum absolute atomic E-state index is 11.9. The van der Waals surface area contributed by atoms with Crippen LogP contribution in [-0.2, 0) is 9.59 Å². The predicted octanol–water partition coefficient (Wildman–Crippen LogP) is 1.77. The Labute approximate surface area is 106 Å². The average molecular weight is 251 g/mol. The molecule has 0 saturated carbocycles. The fourth-order valence-electron chi connectivity index (χ4n) is 1.53. The molecule has 1 aromatic rings. The third-order valence-corrected chi connectivity index (χ3v) is 2.72. The van der Waals surface area contributed by atoms with Crippen LogP contribution < -0.4 is 9.64 Å². The first-order chi connectivity index (χ1) is 8.47. The number of nitrogens with zero attached hydrogens (tertiary/aromatic N) is 1. The lowest BCUT2D eigenvalue weighted by Gasteiger charge is -2.20. The molecule has 0 heterocycles. The van der Waals surface area contributed by atoms with E-state index >= 15 is 0 Å². The van der Waals surface area contributed by atoms with Gasteiger partial charge in [-0.15, -0.1) is 0 Å². The zero-order valence-electron chi connectivity index (χ0n) is 10.7. The van der Waals surface area contributed by atoms with Crippen LogP contribution in [0.1, 0.15) is 13.3 Å². The fraction of sp³-hybridized carbons (Fsp3) is 0.385. The number of hydrogen-bond donors (Lipinski definition) is 1. The van der Waals surface area contributed by atoms with E-state index in [9.17, 15) is 9.59 Å². The van der Waals surface area contributed by atoms with E-state index in [1.54, 1.807) is 31.3 Å². The van der Waals surface area contributed by atoms with E-state index in [4.69, 9.17) is 9.84 Å². The molecule has 0 radical (unpaired) electrons. The molecule has 1 N–H and O–H groups in total. The first-order valence-electron chi connectivity index (χ1n) is 5.59. The maximum Gasteiger partial charge on any atom is 0.306 e. The van der Waals surface area contributed by atoms with Gasteiger partial charge in [0.25, 0.3) is 0 Å². The van der Waals surface area contributed by atoms with Crippen molar-refractivity contribution in [3.63, 3.8) is 0 Å². The van der Waals surface area contributed by atoms with Crippen LogP contribution >= 0.6 is 0 Å². The minimum absolute atomic E-state index is 0.0378. The third kappa shape index (κ3) is 3.23. The number of methoxy groups -OCH3 is 1. The van der Waals surface area contributed by atoms with Crippen molar-refractivity contribution in [3.05, 3.63) is 24.3 Å². The van der Waals surface area contributed by atoms with E-state index < -0.39 is 11.9 Å². The lowest BCUT2D eigenvalue weighted by Crippen LogP contribution is -2.29. The molecule has 0 aliphatic heterocycles. The normalized spacial score (nSPS) is 11.7. The SMILES string of the molecule is COc1ccccc1N(C)C(=O)CC(C)C(=O)O. The van der Waals surface area contributed by atoms with Gasteiger partial charge in [-0.05, 0) is 12.1 Å². The number of aliphatic carboxylic acids is 1. The molecular formula is C13H17NO4. The molecule has 0 aliphatic carbocycles. The second-order valence-corrected chi connectivity index (χ2v) is 4.07. The Hall–Kier alpha value is -2.04. The van der Waals surface area contributed by atoms with E-state index in [2.05, 4.69) is 0 Å². The number of amides is 1. The molecule has 0 aliphatic rings. The highest BCUT2D eigenvalue weighted by atomic mass is 16.5. The summed E-state index contributed by atoms with van der Waals surface area (Å²) in [5, 5.41) is 8.79. The van der Waals surface area contributed by atoms with Gasteiger partial charge < -0.3 is 14.7 Å². The van der Waals surface area contributed by atoms with Crippen molar-refractivity contribution in [1.29, 1.82) is 0 Å². The summed E-state index contributed by atoms with van der Waals surface area (Å²) in [4.78, 5) is 24.1. The first kappa shape index (κ1) is 14.0. The van der Waals surface area contributed by atoms with Crippen LogP contribution in [0.15, 0.2) is 24.3 Å². The fourth-order valence-corrected chi connectivity index (χ4v) is 1.53. The third-order valence-electron chi connectivity index (χ3n) is 2.72. The summed E-state index contributed by atoms with van der Waals surface area (Å²) >= 11 is 0. The van der Waals surface area contributed by atoms with Crippen molar-refractivity contribution in [3.8, 4) is 5.75 Å². The minimum Gasteiger partial charge on any atom is -0.495 e. The van der Waals surface area contributed by atoms with E-state index in [0.717, 1.165) is 0 Å². The Morgan fingerprint density at radius 1 is 1.39 bits per heavy atom. The van der Waals surface area contributed by atoms with E-state index in [1.165, 1.54) is 18.9 Å². The van der Waals surface area contributed by atoms with Gasteiger partial charge in [0.2, 0.25) is 5.91 Å². The molecule has 1 rings (SSSR count). The number of carboxylic acid groups (broad SMARTS) is 1. The number of rotatable bonds is 5. The van der Waals surface area contributed by atoms with Gasteiger partial charge in [-0.2, -0.15) is 0 Å². The Balaban J connectivity index is 2.83. The topological polar surface area (TPSA) is 66.8 Å². The number of carbonyl (C=O) groups excluding carboxylic acids is 1. The highest BCUT2D eigenvalue weighted by Gasteiger charge is 2.20. The van der Waals surface area contributed by atoms with Crippen LogP contribution in [0, 0.1) is 5.92 Å². The summed E-state index contributed by atoms with van der Waals surface area (Å²) < 4.78 is 5.16. The Kier molecular flexibility index (Phi) is 4.71. The summed E-state index contributed by atoms with van der Waals surface area (Å²) in [5.41, 5.74) is 0.627. The molecule has 0 aromatic heterocycles. The zero-order chi connectivity index (χ0) is 13.7. The summed E-state index contributed by atoms with van der Waals surface area (Å²) in [6.07, 6.45) is -0.0378. The minimum atomic E-state index is -0.975. The molecule has 0 fully saturated rings. The van der Waals surface area contributed by atoms with Gasteiger partial charge in [0.05, 0.1) is 18.7 Å². The first-order valence-corrected chi connectivity index (χ1v) is 5.59. The van der Waals surface area contributed by atoms with Gasteiger partial charge in [0, 0.05) is 13.5 Å². The molecule has 1 unspecified atom stereocenters. The summed E-state index contributed by atoms with van der Waals surface area (Å²) in [6.45, 7) is 1.51. The Morgan fingerprint density at radius 3 is 2.56 bits per heavy atom. The van der Waals surface area contributed by atoms with Gasteiger partial charge in [0.15, 0.2) is 0 Å². The van der Waals surface area contributed by atoms with Crippen LogP contribution in [0.2, 0.25) is 0 Å². The standard InChI is InChI=1S/C13H17NO4/c1-9(13(16)17)8-12(15)14(2)10-6-4-5-7-11(10)18-3/h4-7,9H,8H2,1-3H3,(H,16,17). The summed E-state index contributed by atoms with van der Waals surface area (Å²) in [5.74, 6) is -1.35. The summed E-state index contributed by atoms with van der Waals surface area (Å²) in [6, 6.07) is 7.10. The number of para-hydroxylation sites is 2. The smallest absolute Gasteiger partial charge is 0.306 e.